The average molecular weight is 291 g/mol. The molecule has 0 saturated heterocycles. The van der Waals surface area contributed by atoms with Gasteiger partial charge in [-0.3, -0.25) is 4.79 Å². The standard InChI is InChI=1S/C12H15ClO4S/c1-7(2)18(16,17)11-5-4-9(6-10(11)13)8(3)12(14)15/h4-8H,1-3H3,(H,14,15). The van der Waals surface area contributed by atoms with Gasteiger partial charge in [0, 0.05) is 0 Å². The fourth-order valence-corrected chi connectivity index (χ4v) is 3.02. The van der Waals surface area contributed by atoms with E-state index in [1.807, 2.05) is 0 Å². The van der Waals surface area contributed by atoms with E-state index in [9.17, 15) is 13.2 Å². The molecule has 0 radical (unpaired) electrons. The van der Waals surface area contributed by atoms with Crippen LogP contribution in [0.25, 0.3) is 0 Å². The summed E-state index contributed by atoms with van der Waals surface area (Å²) in [4.78, 5) is 10.9. The summed E-state index contributed by atoms with van der Waals surface area (Å²) in [5.41, 5.74) is 0.482. The van der Waals surface area contributed by atoms with Crippen LogP contribution in [0, 0.1) is 0 Å². The van der Waals surface area contributed by atoms with Crippen molar-refractivity contribution in [2.24, 2.45) is 0 Å². The highest BCUT2D eigenvalue weighted by atomic mass is 35.5. The molecule has 4 nitrogen and oxygen atoms in total. The minimum absolute atomic E-state index is 0.0421. The highest BCUT2D eigenvalue weighted by molar-refractivity contribution is 7.92. The topological polar surface area (TPSA) is 71.4 Å². The lowest BCUT2D eigenvalue weighted by Crippen LogP contribution is -2.15. The maximum absolute atomic E-state index is 12.0. The van der Waals surface area contributed by atoms with Crippen molar-refractivity contribution in [3.05, 3.63) is 28.8 Å². The lowest BCUT2D eigenvalue weighted by atomic mass is 10.0. The van der Waals surface area contributed by atoms with Crippen LogP contribution >= 0.6 is 11.6 Å². The van der Waals surface area contributed by atoms with Crippen LogP contribution in [0.4, 0.5) is 0 Å². The van der Waals surface area contributed by atoms with Crippen LogP contribution in [0.1, 0.15) is 32.3 Å². The zero-order chi connectivity index (χ0) is 14.1. The third-order valence-electron chi connectivity index (χ3n) is 2.75. The van der Waals surface area contributed by atoms with E-state index in [-0.39, 0.29) is 9.92 Å². The number of benzene rings is 1. The van der Waals surface area contributed by atoms with Crippen LogP contribution in [0.2, 0.25) is 5.02 Å². The molecule has 0 heterocycles. The van der Waals surface area contributed by atoms with Gasteiger partial charge in [0.1, 0.15) is 0 Å². The van der Waals surface area contributed by atoms with Crippen molar-refractivity contribution in [3.8, 4) is 0 Å². The van der Waals surface area contributed by atoms with Gasteiger partial charge in [-0.05, 0) is 38.5 Å². The normalized spacial score (nSPS) is 13.6. The summed E-state index contributed by atoms with van der Waals surface area (Å²) in [5, 5.41) is 8.38. The van der Waals surface area contributed by atoms with Gasteiger partial charge in [-0.15, -0.1) is 0 Å². The number of sulfone groups is 1. The Morgan fingerprint density at radius 3 is 2.22 bits per heavy atom. The molecule has 1 aromatic rings. The van der Waals surface area contributed by atoms with E-state index in [1.54, 1.807) is 13.8 Å². The smallest absolute Gasteiger partial charge is 0.310 e. The first-order chi connectivity index (χ1) is 8.17. The van der Waals surface area contributed by atoms with E-state index in [1.165, 1.54) is 25.1 Å². The van der Waals surface area contributed by atoms with Gasteiger partial charge < -0.3 is 5.11 Å². The summed E-state index contributed by atoms with van der Waals surface area (Å²) in [7, 11) is -3.45. The largest absolute Gasteiger partial charge is 0.481 e. The molecule has 0 aliphatic carbocycles. The van der Waals surface area contributed by atoms with E-state index in [0.29, 0.717) is 5.56 Å². The number of hydrogen-bond donors (Lipinski definition) is 1. The third-order valence-corrected chi connectivity index (χ3v) is 5.39. The lowest BCUT2D eigenvalue weighted by Gasteiger charge is -2.12. The Hall–Kier alpha value is -1.07. The number of hydrogen-bond acceptors (Lipinski definition) is 3. The van der Waals surface area contributed by atoms with E-state index >= 15 is 0 Å². The Bertz CT molecular complexity index is 563. The Morgan fingerprint density at radius 2 is 1.83 bits per heavy atom. The number of carbonyl (C=O) groups is 1. The second kappa shape index (κ2) is 5.28. The minimum atomic E-state index is -3.45. The molecule has 1 rings (SSSR count). The fourth-order valence-electron chi connectivity index (χ4n) is 1.41. The van der Waals surface area contributed by atoms with Gasteiger partial charge >= 0.3 is 5.97 Å². The summed E-state index contributed by atoms with van der Waals surface area (Å²) in [6.45, 7) is 4.66. The van der Waals surface area contributed by atoms with Crippen molar-refractivity contribution >= 4 is 27.4 Å². The maximum Gasteiger partial charge on any atom is 0.310 e. The SMILES string of the molecule is CC(C(=O)O)c1ccc(S(=O)(=O)C(C)C)c(Cl)c1. The number of carboxylic acids is 1. The van der Waals surface area contributed by atoms with Crippen molar-refractivity contribution in [1.29, 1.82) is 0 Å². The lowest BCUT2D eigenvalue weighted by molar-refractivity contribution is -0.138. The first-order valence-electron chi connectivity index (χ1n) is 5.44. The van der Waals surface area contributed by atoms with Crippen LogP contribution < -0.4 is 0 Å². The Labute approximate surface area is 112 Å². The van der Waals surface area contributed by atoms with Gasteiger partial charge in [0.05, 0.1) is 21.1 Å². The number of aliphatic carboxylic acids is 1. The first-order valence-corrected chi connectivity index (χ1v) is 7.36. The van der Waals surface area contributed by atoms with Gasteiger partial charge in [-0.1, -0.05) is 17.7 Å². The van der Waals surface area contributed by atoms with Crippen molar-refractivity contribution in [1.82, 2.24) is 0 Å². The van der Waals surface area contributed by atoms with Crippen molar-refractivity contribution < 1.29 is 18.3 Å². The van der Waals surface area contributed by atoms with E-state index in [2.05, 4.69) is 0 Å². The number of halogens is 1. The Kier molecular flexibility index (Phi) is 4.40. The van der Waals surface area contributed by atoms with Crippen LogP contribution in [0.15, 0.2) is 23.1 Å². The van der Waals surface area contributed by atoms with E-state index < -0.39 is 27.0 Å². The van der Waals surface area contributed by atoms with Crippen LogP contribution in [-0.4, -0.2) is 24.7 Å². The quantitative estimate of drug-likeness (QED) is 0.925. The maximum atomic E-state index is 12.0. The van der Waals surface area contributed by atoms with E-state index in [0.717, 1.165) is 0 Å². The highest BCUT2D eigenvalue weighted by Gasteiger charge is 2.23. The zero-order valence-corrected chi connectivity index (χ0v) is 11.9. The molecular weight excluding hydrogens is 276 g/mol. The molecule has 0 bridgehead atoms. The average Bonchev–Trinajstić information content (AvgIpc) is 2.27. The molecule has 0 saturated carbocycles. The Balaban J connectivity index is 3.28. The molecule has 0 aliphatic rings. The second-order valence-corrected chi connectivity index (χ2v) is 7.22. The molecule has 0 amide bonds. The molecule has 1 unspecified atom stereocenters. The molecule has 1 N–H and O–H groups in total. The third kappa shape index (κ3) is 2.84. The number of carboxylic acid groups (broad SMARTS) is 1. The van der Waals surface area contributed by atoms with Gasteiger partial charge in [-0.25, -0.2) is 8.42 Å². The minimum Gasteiger partial charge on any atom is -0.481 e. The monoisotopic (exact) mass is 290 g/mol. The molecule has 6 heteroatoms. The van der Waals surface area contributed by atoms with Crippen LogP contribution in [0.3, 0.4) is 0 Å². The molecule has 100 valence electrons. The molecule has 1 atom stereocenters. The molecule has 0 aliphatic heterocycles. The molecule has 18 heavy (non-hydrogen) atoms. The second-order valence-electron chi connectivity index (χ2n) is 4.34. The van der Waals surface area contributed by atoms with Crippen LogP contribution in [0.5, 0.6) is 0 Å². The van der Waals surface area contributed by atoms with Gasteiger partial charge in [0.2, 0.25) is 0 Å². The summed E-state index contributed by atoms with van der Waals surface area (Å²) in [6.07, 6.45) is 0. The van der Waals surface area contributed by atoms with E-state index in [4.69, 9.17) is 16.7 Å². The predicted molar refractivity (Wildman–Crippen MR) is 69.8 cm³/mol. The van der Waals surface area contributed by atoms with Gasteiger partial charge in [-0.2, -0.15) is 0 Å². The zero-order valence-electron chi connectivity index (χ0n) is 10.3. The summed E-state index contributed by atoms with van der Waals surface area (Å²) in [6, 6.07) is 4.25. The molecule has 0 fully saturated rings. The molecule has 1 aromatic carbocycles. The van der Waals surface area contributed by atoms with Crippen molar-refractivity contribution in [2.45, 2.75) is 36.8 Å². The molecule has 0 spiro atoms. The van der Waals surface area contributed by atoms with Crippen molar-refractivity contribution in [3.63, 3.8) is 0 Å². The van der Waals surface area contributed by atoms with Gasteiger partial charge in [0.25, 0.3) is 0 Å². The van der Waals surface area contributed by atoms with Gasteiger partial charge in [0.15, 0.2) is 9.84 Å². The van der Waals surface area contributed by atoms with Crippen molar-refractivity contribution in [2.75, 3.05) is 0 Å². The predicted octanol–water partition coefficient (Wildman–Crippen LogP) is 2.71. The number of rotatable bonds is 4. The summed E-state index contributed by atoms with van der Waals surface area (Å²) in [5.74, 6) is -1.70. The molecule has 0 aromatic heterocycles. The molecular formula is C12H15ClO4S. The highest BCUT2D eigenvalue weighted by Crippen LogP contribution is 2.28. The fraction of sp³-hybridized carbons (Fsp3) is 0.417. The summed E-state index contributed by atoms with van der Waals surface area (Å²) >= 11 is 5.93. The first kappa shape index (κ1) is 15.0. The summed E-state index contributed by atoms with van der Waals surface area (Å²) < 4.78 is 23.9. The van der Waals surface area contributed by atoms with Crippen LogP contribution in [-0.2, 0) is 14.6 Å². The Morgan fingerprint density at radius 1 is 1.28 bits per heavy atom.